The summed E-state index contributed by atoms with van der Waals surface area (Å²) in [7, 11) is 1.54. The summed E-state index contributed by atoms with van der Waals surface area (Å²) < 4.78 is 15.4. The molecule has 0 spiro atoms. The number of ether oxygens (including phenoxy) is 3. The molecule has 0 radical (unpaired) electrons. The van der Waals surface area contributed by atoms with Crippen molar-refractivity contribution in [2.45, 2.75) is 19.6 Å². The van der Waals surface area contributed by atoms with Crippen LogP contribution in [-0.4, -0.2) is 29.8 Å². The van der Waals surface area contributed by atoms with E-state index in [9.17, 15) is 9.59 Å². The van der Waals surface area contributed by atoms with Gasteiger partial charge >= 0.3 is 11.9 Å². The third kappa shape index (κ3) is 2.85. The second-order valence-electron chi connectivity index (χ2n) is 5.50. The van der Waals surface area contributed by atoms with E-state index in [2.05, 4.69) is 10.3 Å². The number of methoxy groups -OCH3 is 1. The minimum Gasteiger partial charge on any atom is -0.495 e. The van der Waals surface area contributed by atoms with E-state index in [4.69, 9.17) is 14.2 Å². The highest BCUT2D eigenvalue weighted by atomic mass is 16.7. The van der Waals surface area contributed by atoms with Gasteiger partial charge in [-0.3, -0.25) is 0 Å². The van der Waals surface area contributed by atoms with Gasteiger partial charge in [0.25, 0.3) is 5.79 Å². The quantitative estimate of drug-likeness (QED) is 0.513. The monoisotopic (exact) mass is 316 g/mol. The maximum absolute atomic E-state index is 11.9. The molecule has 1 fully saturated rings. The van der Waals surface area contributed by atoms with Gasteiger partial charge in [0.2, 0.25) is 0 Å². The summed E-state index contributed by atoms with van der Waals surface area (Å²) in [5.41, 5.74) is 1.28. The summed E-state index contributed by atoms with van der Waals surface area (Å²) in [5.74, 6) is -2.16. The Labute approximate surface area is 132 Å². The average Bonchev–Trinajstić information content (AvgIpc) is 2.91. The number of fused-ring (bicyclic) bond motifs is 1. The van der Waals surface area contributed by atoms with Crippen LogP contribution in [0.15, 0.2) is 36.2 Å². The number of benzene rings is 1. The Hall–Kier alpha value is -2.96. The number of H-pyrrole nitrogens is 1. The standard InChI is InChI=1S/C16H16N2O5/c1-16(2)22-14(19)10(15(20)23-16)8-18-12-7-11-9(4-5-17-11)6-13(12)21-3/h4-8,17-18H,1-3H3. The van der Waals surface area contributed by atoms with Crippen molar-refractivity contribution >= 4 is 28.5 Å². The zero-order chi connectivity index (χ0) is 16.6. The number of cyclic esters (lactones) is 2. The number of carbonyl (C=O) groups is 2. The van der Waals surface area contributed by atoms with E-state index < -0.39 is 17.7 Å². The zero-order valence-electron chi connectivity index (χ0n) is 12.9. The van der Waals surface area contributed by atoms with Crippen LogP contribution < -0.4 is 10.1 Å². The molecule has 1 saturated heterocycles. The molecule has 0 atom stereocenters. The molecule has 7 nitrogen and oxygen atoms in total. The molecular weight excluding hydrogens is 300 g/mol. The van der Waals surface area contributed by atoms with Crippen molar-refractivity contribution < 1.29 is 23.8 Å². The molecule has 2 N–H and O–H groups in total. The number of nitrogens with one attached hydrogen (secondary N) is 2. The first kappa shape index (κ1) is 15.0. The summed E-state index contributed by atoms with van der Waals surface area (Å²) in [4.78, 5) is 26.9. The Morgan fingerprint density at radius 1 is 1.22 bits per heavy atom. The highest BCUT2D eigenvalue weighted by Crippen LogP contribution is 2.30. The Morgan fingerprint density at radius 2 is 1.91 bits per heavy atom. The van der Waals surface area contributed by atoms with Crippen LogP contribution in [0.1, 0.15) is 13.8 Å². The summed E-state index contributed by atoms with van der Waals surface area (Å²) in [5, 5.41) is 3.88. The van der Waals surface area contributed by atoms with Gasteiger partial charge < -0.3 is 24.5 Å². The summed E-state index contributed by atoms with van der Waals surface area (Å²) in [6.07, 6.45) is 3.07. The zero-order valence-corrected chi connectivity index (χ0v) is 12.9. The van der Waals surface area contributed by atoms with E-state index in [1.165, 1.54) is 27.2 Å². The van der Waals surface area contributed by atoms with Crippen LogP contribution >= 0.6 is 0 Å². The fourth-order valence-electron chi connectivity index (χ4n) is 2.29. The third-order valence-electron chi connectivity index (χ3n) is 3.36. The molecule has 120 valence electrons. The number of aromatic amines is 1. The Balaban J connectivity index is 1.90. The summed E-state index contributed by atoms with van der Waals surface area (Å²) >= 11 is 0. The van der Waals surface area contributed by atoms with Crippen LogP contribution in [-0.2, 0) is 19.1 Å². The molecule has 2 aromatic rings. The number of hydrogen-bond donors (Lipinski definition) is 2. The van der Waals surface area contributed by atoms with E-state index >= 15 is 0 Å². The van der Waals surface area contributed by atoms with E-state index in [0.29, 0.717) is 11.4 Å². The van der Waals surface area contributed by atoms with Gasteiger partial charge in [0.15, 0.2) is 5.57 Å². The van der Waals surface area contributed by atoms with Crippen molar-refractivity contribution in [2.75, 3.05) is 12.4 Å². The van der Waals surface area contributed by atoms with Crippen molar-refractivity contribution in [3.05, 3.63) is 36.2 Å². The van der Waals surface area contributed by atoms with E-state index in [1.54, 1.807) is 0 Å². The van der Waals surface area contributed by atoms with Crippen LogP contribution in [0.4, 0.5) is 5.69 Å². The van der Waals surface area contributed by atoms with E-state index in [-0.39, 0.29) is 5.57 Å². The first-order valence-corrected chi connectivity index (χ1v) is 6.98. The molecule has 23 heavy (non-hydrogen) atoms. The number of esters is 2. The van der Waals surface area contributed by atoms with Crippen LogP contribution in [0.3, 0.4) is 0 Å². The van der Waals surface area contributed by atoms with Gasteiger partial charge in [0, 0.05) is 37.1 Å². The van der Waals surface area contributed by atoms with Crippen LogP contribution in [0.25, 0.3) is 10.9 Å². The molecule has 1 aliphatic heterocycles. The van der Waals surface area contributed by atoms with Crippen molar-refractivity contribution in [1.82, 2.24) is 4.98 Å². The second kappa shape index (κ2) is 5.35. The van der Waals surface area contributed by atoms with Gasteiger partial charge in [-0.25, -0.2) is 9.59 Å². The van der Waals surface area contributed by atoms with Gasteiger partial charge in [-0.05, 0) is 18.2 Å². The molecule has 7 heteroatoms. The van der Waals surface area contributed by atoms with Crippen LogP contribution in [0.5, 0.6) is 5.75 Å². The average molecular weight is 316 g/mol. The maximum atomic E-state index is 11.9. The lowest BCUT2D eigenvalue weighted by atomic mass is 10.2. The topological polar surface area (TPSA) is 89.7 Å². The first-order chi connectivity index (χ1) is 10.9. The SMILES string of the molecule is COc1cc2cc[nH]c2cc1NC=C1C(=O)OC(C)(C)OC1=O. The second-order valence-corrected chi connectivity index (χ2v) is 5.50. The molecule has 0 unspecified atom stereocenters. The molecule has 0 bridgehead atoms. The predicted molar refractivity (Wildman–Crippen MR) is 82.8 cm³/mol. The molecule has 1 aromatic heterocycles. The molecule has 0 amide bonds. The number of aromatic nitrogens is 1. The van der Waals surface area contributed by atoms with E-state index in [1.807, 2.05) is 24.4 Å². The van der Waals surface area contributed by atoms with Gasteiger partial charge in [-0.15, -0.1) is 0 Å². The fourth-order valence-corrected chi connectivity index (χ4v) is 2.29. The lowest BCUT2D eigenvalue weighted by Crippen LogP contribution is -2.42. The number of rotatable bonds is 3. The van der Waals surface area contributed by atoms with Gasteiger partial charge in [0.05, 0.1) is 12.8 Å². The van der Waals surface area contributed by atoms with Crippen LogP contribution in [0.2, 0.25) is 0 Å². The first-order valence-electron chi connectivity index (χ1n) is 6.98. The molecule has 2 heterocycles. The van der Waals surface area contributed by atoms with Gasteiger partial charge in [-0.1, -0.05) is 0 Å². The minimum absolute atomic E-state index is 0.210. The smallest absolute Gasteiger partial charge is 0.350 e. The van der Waals surface area contributed by atoms with Gasteiger partial charge in [0.1, 0.15) is 5.75 Å². The van der Waals surface area contributed by atoms with Gasteiger partial charge in [-0.2, -0.15) is 0 Å². The molecule has 0 aliphatic carbocycles. The molecule has 0 saturated carbocycles. The normalized spacial score (nSPS) is 16.7. The minimum atomic E-state index is -1.26. The molecule has 1 aromatic carbocycles. The largest absolute Gasteiger partial charge is 0.495 e. The highest BCUT2D eigenvalue weighted by molar-refractivity contribution is 6.15. The van der Waals surface area contributed by atoms with Crippen molar-refractivity contribution in [3.8, 4) is 5.75 Å². The molecule has 3 rings (SSSR count). The Bertz CT molecular complexity index is 797. The highest BCUT2D eigenvalue weighted by Gasteiger charge is 2.38. The third-order valence-corrected chi connectivity index (χ3v) is 3.36. The predicted octanol–water partition coefficient (Wildman–Crippen LogP) is 2.31. The molecule has 1 aliphatic rings. The maximum Gasteiger partial charge on any atom is 0.350 e. The summed E-state index contributed by atoms with van der Waals surface area (Å²) in [6.45, 7) is 2.99. The van der Waals surface area contributed by atoms with Crippen molar-refractivity contribution in [3.63, 3.8) is 0 Å². The lowest BCUT2D eigenvalue weighted by molar-refractivity contribution is -0.222. The lowest BCUT2D eigenvalue weighted by Gasteiger charge is -2.29. The molecular formula is C16H16N2O5. The van der Waals surface area contributed by atoms with Crippen molar-refractivity contribution in [1.29, 1.82) is 0 Å². The van der Waals surface area contributed by atoms with Crippen molar-refractivity contribution in [2.24, 2.45) is 0 Å². The fraction of sp³-hybridized carbons (Fsp3) is 0.250. The van der Waals surface area contributed by atoms with E-state index in [0.717, 1.165) is 10.9 Å². The number of anilines is 1. The number of carbonyl (C=O) groups excluding carboxylic acids is 2. The number of hydrogen-bond acceptors (Lipinski definition) is 6. The summed E-state index contributed by atoms with van der Waals surface area (Å²) in [6, 6.07) is 5.57. The van der Waals surface area contributed by atoms with Crippen LogP contribution in [0, 0.1) is 0 Å². The Morgan fingerprint density at radius 3 is 2.57 bits per heavy atom. The Kier molecular flexibility index (Phi) is 3.48.